The number of nitrogens with zero attached hydrogens (tertiary/aromatic N) is 2. The SMILES string of the molecule is C1CCNC1.O=C(c1ccccc1)N1CCc2cc(N3CCCC3)ccc2C1. The number of hydrogen-bond donors (Lipinski definition) is 1. The van der Waals surface area contributed by atoms with Crippen molar-refractivity contribution in [3.05, 3.63) is 65.2 Å². The number of nitrogens with one attached hydrogen (secondary N) is 1. The minimum atomic E-state index is 0.139. The van der Waals surface area contributed by atoms with Gasteiger partial charge in [-0.25, -0.2) is 0 Å². The first-order valence-electron chi connectivity index (χ1n) is 10.7. The Morgan fingerprint density at radius 3 is 2.25 bits per heavy atom. The van der Waals surface area contributed by atoms with Crippen molar-refractivity contribution in [3.63, 3.8) is 0 Å². The maximum atomic E-state index is 12.6. The standard InChI is InChI=1S/C20H22N2O.C4H9N/c23-20(16-6-2-1-3-7-16)22-13-10-17-14-19(9-8-18(17)15-22)21-11-4-5-12-21;1-2-4-5-3-1/h1-3,6-9,14H,4-5,10-13,15H2;5H,1-4H2. The summed E-state index contributed by atoms with van der Waals surface area (Å²) in [5.74, 6) is 0.139. The van der Waals surface area contributed by atoms with Gasteiger partial charge in [-0.2, -0.15) is 0 Å². The van der Waals surface area contributed by atoms with Crippen LogP contribution in [0, 0.1) is 0 Å². The quantitative estimate of drug-likeness (QED) is 0.863. The monoisotopic (exact) mass is 377 g/mol. The van der Waals surface area contributed by atoms with Gasteiger partial charge >= 0.3 is 0 Å². The van der Waals surface area contributed by atoms with E-state index in [1.165, 1.54) is 68.7 Å². The van der Waals surface area contributed by atoms with Gasteiger partial charge in [0.2, 0.25) is 0 Å². The van der Waals surface area contributed by atoms with E-state index < -0.39 is 0 Å². The van der Waals surface area contributed by atoms with Crippen molar-refractivity contribution in [1.29, 1.82) is 0 Å². The van der Waals surface area contributed by atoms with Gasteiger partial charge in [0.15, 0.2) is 0 Å². The molecule has 3 aliphatic heterocycles. The molecule has 28 heavy (non-hydrogen) atoms. The first kappa shape index (κ1) is 19.0. The van der Waals surface area contributed by atoms with E-state index in [1.54, 1.807) is 0 Å². The lowest BCUT2D eigenvalue weighted by Crippen LogP contribution is -2.36. The van der Waals surface area contributed by atoms with E-state index in [4.69, 9.17) is 0 Å². The Morgan fingerprint density at radius 1 is 0.821 bits per heavy atom. The molecule has 0 unspecified atom stereocenters. The van der Waals surface area contributed by atoms with Crippen LogP contribution in [0.4, 0.5) is 5.69 Å². The Kier molecular flexibility index (Phi) is 6.27. The summed E-state index contributed by atoms with van der Waals surface area (Å²) in [5, 5.41) is 3.22. The Morgan fingerprint density at radius 2 is 1.57 bits per heavy atom. The number of benzene rings is 2. The molecular weight excluding hydrogens is 346 g/mol. The maximum absolute atomic E-state index is 12.6. The number of hydrogen-bond acceptors (Lipinski definition) is 3. The summed E-state index contributed by atoms with van der Waals surface area (Å²) in [5.41, 5.74) is 4.84. The first-order chi connectivity index (χ1) is 13.8. The van der Waals surface area contributed by atoms with E-state index in [9.17, 15) is 4.79 Å². The lowest BCUT2D eigenvalue weighted by atomic mass is 9.98. The molecule has 3 heterocycles. The average molecular weight is 378 g/mol. The summed E-state index contributed by atoms with van der Waals surface area (Å²) < 4.78 is 0. The van der Waals surface area contributed by atoms with Gasteiger partial charge in [0.1, 0.15) is 0 Å². The molecule has 148 valence electrons. The molecule has 2 aromatic rings. The van der Waals surface area contributed by atoms with Crippen molar-refractivity contribution < 1.29 is 4.79 Å². The zero-order valence-corrected chi connectivity index (χ0v) is 16.7. The predicted molar refractivity (Wildman–Crippen MR) is 115 cm³/mol. The summed E-state index contributed by atoms with van der Waals surface area (Å²) >= 11 is 0. The average Bonchev–Trinajstić information content (AvgIpc) is 3.50. The maximum Gasteiger partial charge on any atom is 0.254 e. The number of fused-ring (bicyclic) bond motifs is 1. The fourth-order valence-corrected chi connectivity index (χ4v) is 4.27. The molecule has 0 aliphatic carbocycles. The summed E-state index contributed by atoms with van der Waals surface area (Å²) in [6, 6.07) is 16.4. The van der Waals surface area contributed by atoms with Gasteiger partial charge in [-0.1, -0.05) is 24.3 Å². The molecule has 2 fully saturated rings. The minimum absolute atomic E-state index is 0.139. The minimum Gasteiger partial charge on any atom is -0.372 e. The first-order valence-corrected chi connectivity index (χ1v) is 10.7. The highest BCUT2D eigenvalue weighted by atomic mass is 16.2. The highest BCUT2D eigenvalue weighted by molar-refractivity contribution is 5.94. The molecule has 1 N–H and O–H groups in total. The third-order valence-corrected chi connectivity index (χ3v) is 5.94. The Balaban J connectivity index is 0.000000336. The second-order valence-electron chi connectivity index (χ2n) is 7.95. The van der Waals surface area contributed by atoms with Crippen LogP contribution in [-0.4, -0.2) is 43.5 Å². The van der Waals surface area contributed by atoms with Crippen LogP contribution in [0.25, 0.3) is 0 Å². The fraction of sp³-hybridized carbons (Fsp3) is 0.458. The van der Waals surface area contributed by atoms with Crippen molar-refractivity contribution in [3.8, 4) is 0 Å². The highest BCUT2D eigenvalue weighted by Crippen LogP contribution is 2.27. The van der Waals surface area contributed by atoms with Crippen LogP contribution in [0.15, 0.2) is 48.5 Å². The second-order valence-corrected chi connectivity index (χ2v) is 7.95. The van der Waals surface area contributed by atoms with Crippen LogP contribution in [0.5, 0.6) is 0 Å². The number of carbonyl (C=O) groups excluding carboxylic acids is 1. The van der Waals surface area contributed by atoms with Crippen LogP contribution >= 0.6 is 0 Å². The molecule has 0 saturated carbocycles. The van der Waals surface area contributed by atoms with Gasteiger partial charge in [-0.3, -0.25) is 4.79 Å². The van der Waals surface area contributed by atoms with Crippen LogP contribution in [-0.2, 0) is 13.0 Å². The lowest BCUT2D eigenvalue weighted by molar-refractivity contribution is 0.0735. The normalized spacial score (nSPS) is 18.4. The Labute approximate surface area is 168 Å². The molecule has 3 aliphatic rings. The molecule has 0 atom stereocenters. The van der Waals surface area contributed by atoms with Crippen LogP contribution in [0.3, 0.4) is 0 Å². The third kappa shape index (κ3) is 4.56. The zero-order chi connectivity index (χ0) is 19.2. The van der Waals surface area contributed by atoms with Gasteiger partial charge in [0.25, 0.3) is 5.91 Å². The number of rotatable bonds is 2. The molecule has 2 aromatic carbocycles. The van der Waals surface area contributed by atoms with Gasteiger partial charge in [-0.05, 0) is 80.6 Å². The van der Waals surface area contributed by atoms with Crippen molar-refractivity contribution in [2.24, 2.45) is 0 Å². The molecular formula is C24H31N3O. The van der Waals surface area contributed by atoms with E-state index in [0.29, 0.717) is 0 Å². The predicted octanol–water partition coefficient (Wildman–Crippen LogP) is 3.86. The summed E-state index contributed by atoms with van der Waals surface area (Å²) in [6.07, 6.45) is 6.34. The second kappa shape index (κ2) is 9.24. The smallest absolute Gasteiger partial charge is 0.254 e. The molecule has 0 bridgehead atoms. The van der Waals surface area contributed by atoms with Gasteiger partial charge < -0.3 is 15.1 Å². The largest absolute Gasteiger partial charge is 0.372 e. The van der Waals surface area contributed by atoms with Crippen molar-refractivity contribution in [1.82, 2.24) is 10.2 Å². The van der Waals surface area contributed by atoms with Crippen LogP contribution in [0.1, 0.15) is 47.2 Å². The Hall–Kier alpha value is -2.33. The fourth-order valence-electron chi connectivity index (χ4n) is 4.27. The van der Waals surface area contributed by atoms with Crippen molar-refractivity contribution in [2.75, 3.05) is 37.6 Å². The molecule has 4 heteroatoms. The molecule has 0 radical (unpaired) electrons. The van der Waals surface area contributed by atoms with E-state index >= 15 is 0 Å². The molecule has 5 rings (SSSR count). The molecule has 1 amide bonds. The summed E-state index contributed by atoms with van der Waals surface area (Å²) in [7, 11) is 0. The lowest BCUT2D eigenvalue weighted by Gasteiger charge is -2.30. The molecule has 0 spiro atoms. The van der Waals surface area contributed by atoms with Crippen molar-refractivity contribution >= 4 is 11.6 Å². The van der Waals surface area contributed by atoms with Crippen LogP contribution in [0.2, 0.25) is 0 Å². The van der Waals surface area contributed by atoms with Gasteiger partial charge in [-0.15, -0.1) is 0 Å². The van der Waals surface area contributed by atoms with Crippen molar-refractivity contribution in [2.45, 2.75) is 38.6 Å². The summed E-state index contributed by atoms with van der Waals surface area (Å²) in [4.78, 5) is 17.0. The third-order valence-electron chi connectivity index (χ3n) is 5.94. The van der Waals surface area contributed by atoms with Gasteiger partial charge in [0.05, 0.1) is 0 Å². The van der Waals surface area contributed by atoms with Gasteiger partial charge in [0, 0.05) is 37.4 Å². The van der Waals surface area contributed by atoms with E-state index in [2.05, 4.69) is 28.4 Å². The Bertz CT molecular complexity index is 772. The number of carbonyl (C=O) groups is 1. The number of amides is 1. The zero-order valence-electron chi connectivity index (χ0n) is 16.7. The van der Waals surface area contributed by atoms with E-state index in [0.717, 1.165) is 25.1 Å². The topological polar surface area (TPSA) is 35.6 Å². The molecule has 2 saturated heterocycles. The summed E-state index contributed by atoms with van der Waals surface area (Å²) in [6.45, 7) is 6.39. The highest BCUT2D eigenvalue weighted by Gasteiger charge is 2.22. The van der Waals surface area contributed by atoms with E-state index in [1.807, 2.05) is 35.2 Å². The molecule has 0 aromatic heterocycles. The van der Waals surface area contributed by atoms with Crippen LogP contribution < -0.4 is 10.2 Å². The van der Waals surface area contributed by atoms with E-state index in [-0.39, 0.29) is 5.91 Å². The molecule has 4 nitrogen and oxygen atoms in total. The number of anilines is 1.